The van der Waals surface area contributed by atoms with E-state index in [1.807, 2.05) is 0 Å². The maximum absolute atomic E-state index is 11.1. The summed E-state index contributed by atoms with van der Waals surface area (Å²) in [5.41, 5.74) is 3.89. The summed E-state index contributed by atoms with van der Waals surface area (Å²) in [7, 11) is 3.51. The molecule has 132 heavy (non-hydrogen) atoms. The average molecular weight is 1890 g/mol. The first-order valence-electron chi connectivity index (χ1n) is 53.3. The molecule has 15 aliphatic heterocycles. The lowest BCUT2D eigenvalue weighted by atomic mass is 9.93. The number of nitrogens with one attached hydrogen (secondary N) is 1. The van der Waals surface area contributed by atoms with Crippen LogP contribution in [0.3, 0.4) is 0 Å². The van der Waals surface area contributed by atoms with Crippen LogP contribution in [0.1, 0.15) is 333 Å². The normalized spacial score (nSPS) is 28.3. The van der Waals surface area contributed by atoms with E-state index in [2.05, 4.69) is 344 Å². The van der Waals surface area contributed by atoms with Crippen LogP contribution in [0.4, 0.5) is 0 Å². The molecule has 15 heterocycles. The van der Waals surface area contributed by atoms with Crippen LogP contribution in [0.2, 0.25) is 0 Å². The zero-order chi connectivity index (χ0) is 100. The van der Waals surface area contributed by atoms with E-state index < -0.39 is 9.84 Å². The van der Waals surface area contributed by atoms with Gasteiger partial charge in [0.25, 0.3) is 0 Å². The van der Waals surface area contributed by atoms with Crippen molar-refractivity contribution in [2.24, 2.45) is 11.8 Å². The van der Waals surface area contributed by atoms with Crippen molar-refractivity contribution < 1.29 is 37.2 Å². The first kappa shape index (κ1) is 123. The highest BCUT2D eigenvalue weighted by atomic mass is 32.2. The zero-order valence-electron chi connectivity index (χ0n) is 94.9. The van der Waals surface area contributed by atoms with Gasteiger partial charge in [0, 0.05) is 249 Å². The van der Waals surface area contributed by atoms with Crippen molar-refractivity contribution in [1.82, 2.24) is 73.9 Å². The number of methoxy groups -OCH3 is 1. The Morgan fingerprint density at radius 3 is 0.985 bits per heavy atom. The molecule has 0 aliphatic carbocycles. The number of piperazine rings is 2. The van der Waals surface area contributed by atoms with Crippen molar-refractivity contribution in [3.63, 3.8) is 0 Å². The number of aliphatic hydroxyl groups excluding tert-OH is 1. The Balaban J connectivity index is 0.000000302. The Morgan fingerprint density at radius 1 is 0.318 bits per heavy atom. The second-order valence-electron chi connectivity index (χ2n) is 53.3. The minimum Gasteiger partial charge on any atom is -0.393 e. The van der Waals surface area contributed by atoms with Crippen LogP contribution < -0.4 is 5.32 Å². The summed E-state index contributed by atoms with van der Waals surface area (Å²) in [6.45, 7) is 121. The summed E-state index contributed by atoms with van der Waals surface area (Å²) in [4.78, 5) is 35.0. The van der Waals surface area contributed by atoms with Crippen LogP contribution in [0, 0.1) is 11.8 Å². The van der Waals surface area contributed by atoms with Crippen molar-refractivity contribution in [3.05, 3.63) is 0 Å². The fourth-order valence-corrected chi connectivity index (χ4v) is 22.0. The van der Waals surface area contributed by atoms with Gasteiger partial charge in [-0.15, -0.1) is 0 Å². The van der Waals surface area contributed by atoms with Gasteiger partial charge < -0.3 is 43.9 Å². The van der Waals surface area contributed by atoms with E-state index in [0.717, 1.165) is 130 Å². The average Bonchev–Trinajstić information content (AvgIpc) is 1.63. The van der Waals surface area contributed by atoms with Crippen LogP contribution in [0.15, 0.2) is 0 Å². The molecule has 7 unspecified atom stereocenters. The summed E-state index contributed by atoms with van der Waals surface area (Å²) in [5.74, 6) is 2.54. The standard InChI is InChI=1S/C11H22N2.C11H21NO.C10H19NO.C9H20N2.2C9H19NO.C9H19N.C8H18N2.C8H17NO2S.2C8H17NO.C8H17N/c1-11(2,3)13-7-9-5-12(4)6-10(9)8-13;1-11(2,3)12-8-4-5-9(12)7-10(13)6-8;1-10(2,3)11-6-8-4-5-9(7-11)12-8;1-9(2,3)11-7-5-10(4)6-8-11;1-8-7-11-6-5-10(8)9(2,3)4;1-9(2,3)10-5-4-7-11-8-6-10;1-9(2,3)10-7-5-4-6-8-10;1-8(2,3)10-6-4-9-5-7-10;1-8(2,3)9-4-6-12(10,11)7-5-9;1-8(2,3)9-5-7(6-9)10-4;1-8(2,3)9-4-6-10-7-5-9;1-8(2,3)9-6-4-5-7-9/h9-10H,5-8H2,1-4H3;8-10,13H,4-7H2,1-3H3;8-9H,4-7H2,1-3H3;5-8H2,1-4H3;8H,5-7H2,1-4H3;4-8H2,1-3H3;4-8H2,1-3H3;9H,4-7H2,1-3H3;4-7H2,1-3H3;7H,5-6H2,1-4H3;4-7H2,1-3H3;4-7H2,1-3H3. The molecule has 15 fully saturated rings. The monoisotopic (exact) mass is 1890 g/mol. The summed E-state index contributed by atoms with van der Waals surface area (Å²) in [5, 5.41) is 13.0. The Kier molecular flexibility index (Phi) is 51.1. The van der Waals surface area contributed by atoms with E-state index in [-0.39, 0.29) is 17.2 Å². The molecule has 2 N–H and O–H groups in total. The number of fused-ring (bicyclic) bond motifs is 5. The number of likely N-dealkylation sites (N-methyl/N-ethyl adjacent to an activating group) is 1. The third-order valence-electron chi connectivity index (χ3n) is 29.8. The van der Waals surface area contributed by atoms with Gasteiger partial charge >= 0.3 is 0 Å². The highest BCUT2D eigenvalue weighted by Crippen LogP contribution is 2.41. The van der Waals surface area contributed by atoms with E-state index in [4.69, 9.17) is 23.7 Å². The number of nitrogens with zero attached hydrogens (tertiary/aromatic N) is 14. The first-order valence-corrected chi connectivity index (χ1v) is 55.2. The predicted octanol–water partition coefficient (Wildman–Crippen LogP) is 16.3. The Hall–Kier alpha value is -0.890. The number of morpholine rings is 3. The molecule has 15 saturated heterocycles. The van der Waals surface area contributed by atoms with Crippen LogP contribution >= 0.6 is 0 Å². The van der Waals surface area contributed by atoms with Gasteiger partial charge in [-0.3, -0.25) is 58.8 Å². The minimum absolute atomic E-state index is 0.0314. The van der Waals surface area contributed by atoms with Crippen molar-refractivity contribution in [1.29, 1.82) is 0 Å². The van der Waals surface area contributed by atoms with Gasteiger partial charge in [0.15, 0.2) is 9.84 Å². The van der Waals surface area contributed by atoms with E-state index in [1.165, 1.54) is 162 Å². The first-order chi connectivity index (χ1) is 60.4. The number of rotatable bonds is 1. The lowest BCUT2D eigenvalue weighted by Crippen LogP contribution is -2.59. The molecule has 0 spiro atoms. The number of likely N-dealkylation sites (tertiary alicyclic amines) is 6. The van der Waals surface area contributed by atoms with Gasteiger partial charge in [-0.25, -0.2) is 8.42 Å². The third-order valence-corrected chi connectivity index (χ3v) is 31.4. The van der Waals surface area contributed by atoms with Gasteiger partial charge in [-0.1, -0.05) is 6.42 Å². The van der Waals surface area contributed by atoms with E-state index in [9.17, 15) is 13.5 Å². The third kappa shape index (κ3) is 47.1. The molecule has 4 bridgehead atoms. The zero-order valence-corrected chi connectivity index (χ0v) is 95.7. The molecule has 15 rings (SSSR count). The molecule has 7 atom stereocenters. The maximum Gasteiger partial charge on any atom is 0.152 e. The summed E-state index contributed by atoms with van der Waals surface area (Å²) in [6, 6.07) is 1.87. The smallest absolute Gasteiger partial charge is 0.152 e. The second-order valence-corrected chi connectivity index (χ2v) is 55.6. The van der Waals surface area contributed by atoms with Gasteiger partial charge in [0.05, 0.1) is 69.0 Å². The maximum atomic E-state index is 11.1. The summed E-state index contributed by atoms with van der Waals surface area (Å²) in [6.07, 6.45) is 16.8. The molecule has 23 nitrogen and oxygen atoms in total. The number of sulfone groups is 1. The molecular weight excluding hydrogens is 1670 g/mol. The Morgan fingerprint density at radius 2 is 0.644 bits per heavy atom. The van der Waals surface area contributed by atoms with Crippen molar-refractivity contribution in [2.45, 2.75) is 442 Å². The summed E-state index contributed by atoms with van der Waals surface area (Å²) < 4.78 is 49.1. The van der Waals surface area contributed by atoms with E-state index in [0.29, 0.717) is 116 Å². The van der Waals surface area contributed by atoms with Crippen LogP contribution in [0.5, 0.6) is 0 Å². The quantitative estimate of drug-likeness (QED) is 0.255. The fraction of sp³-hybridized carbons (Fsp3) is 1.00. The Bertz CT molecular complexity index is 3030. The van der Waals surface area contributed by atoms with Gasteiger partial charge in [-0.2, -0.15) is 0 Å². The number of hydrogen-bond acceptors (Lipinski definition) is 23. The van der Waals surface area contributed by atoms with Crippen molar-refractivity contribution in [2.75, 3.05) is 249 Å². The highest BCUT2D eigenvalue weighted by molar-refractivity contribution is 7.91. The molecule has 0 aromatic rings. The van der Waals surface area contributed by atoms with E-state index in [1.54, 1.807) is 7.11 Å². The van der Waals surface area contributed by atoms with Gasteiger partial charge in [0.2, 0.25) is 0 Å². The van der Waals surface area contributed by atoms with Crippen LogP contribution in [-0.2, 0) is 33.5 Å². The molecule has 0 aromatic heterocycles. The second kappa shape index (κ2) is 54.7. The number of aliphatic hydroxyl groups is 1. The molecular formula is C108H225N15O8S. The lowest BCUT2D eigenvalue weighted by molar-refractivity contribution is -0.0702. The molecule has 0 saturated carbocycles. The SMILES string of the molecule is CC(C)(C)N1C2CCC1CC(O)C2.CC(C)(C)N1CC2CCC(C1)O2.CC(C)(C)N1CCCC1.CC(C)(C)N1CCCCC1.CC(C)(C)N1CCCOCC1.CC(C)(C)N1CCNCC1.CC(C)(C)N1CCOCC1.CC(C)(C)N1CCS(=O)(=O)CC1.CC1COCCN1C(C)(C)C.CN1CC2CN(C(C)(C)C)CC2C1.CN1CCN(C(C)(C)C)CC1.COC1CN(C(C)(C)C)C1. The molecule has 786 valence electrons. The van der Waals surface area contributed by atoms with Crippen LogP contribution in [-0.4, -0.2) is 440 Å². The van der Waals surface area contributed by atoms with E-state index >= 15 is 0 Å². The number of hydrogen-bond donors (Lipinski definition) is 2. The number of ether oxygens (including phenoxy) is 5. The lowest BCUT2D eigenvalue weighted by Gasteiger charge is -2.46. The van der Waals surface area contributed by atoms with Gasteiger partial charge in [-0.05, 0) is 379 Å². The Labute approximate surface area is 819 Å². The molecule has 0 radical (unpaired) electrons. The summed E-state index contributed by atoms with van der Waals surface area (Å²) >= 11 is 0. The number of piperidine rings is 2. The van der Waals surface area contributed by atoms with Gasteiger partial charge in [0.1, 0.15) is 0 Å². The minimum atomic E-state index is -2.72. The predicted molar refractivity (Wildman–Crippen MR) is 565 cm³/mol. The highest BCUT2D eigenvalue weighted by Gasteiger charge is 2.46. The van der Waals surface area contributed by atoms with Crippen molar-refractivity contribution in [3.8, 4) is 0 Å². The molecule has 15 aliphatic rings. The topological polar surface area (TPSA) is 158 Å². The molecule has 24 heteroatoms. The van der Waals surface area contributed by atoms with Crippen molar-refractivity contribution >= 4 is 9.84 Å². The molecule has 0 amide bonds. The molecule has 0 aromatic carbocycles. The fourth-order valence-electron chi connectivity index (χ4n) is 20.8. The largest absolute Gasteiger partial charge is 0.393 e. The van der Waals surface area contributed by atoms with Crippen LogP contribution in [0.25, 0.3) is 0 Å².